The van der Waals surface area contributed by atoms with Crippen molar-refractivity contribution < 1.29 is 14.6 Å². The zero-order valence-corrected chi connectivity index (χ0v) is 19.9. The fraction of sp³-hybridized carbons (Fsp3) is 0.500. The maximum Gasteiger partial charge on any atom is 0.337 e. The van der Waals surface area contributed by atoms with Crippen LogP contribution in [0.1, 0.15) is 70.4 Å². The van der Waals surface area contributed by atoms with Crippen LogP contribution in [0.2, 0.25) is 0 Å². The van der Waals surface area contributed by atoms with Crippen molar-refractivity contribution in [3.63, 3.8) is 0 Å². The Kier molecular flexibility index (Phi) is 6.61. The lowest BCUT2D eigenvalue weighted by Gasteiger charge is -2.41. The van der Waals surface area contributed by atoms with Crippen LogP contribution < -0.4 is 4.90 Å². The van der Waals surface area contributed by atoms with Gasteiger partial charge in [-0.2, -0.15) is 5.26 Å². The van der Waals surface area contributed by atoms with E-state index in [0.29, 0.717) is 16.8 Å². The molecule has 0 saturated carbocycles. The molecule has 2 aromatic rings. The molecule has 1 aliphatic rings. The van der Waals surface area contributed by atoms with Crippen LogP contribution in [0, 0.1) is 23.7 Å². The molecule has 1 aliphatic heterocycles. The van der Waals surface area contributed by atoms with E-state index < -0.39 is 17.7 Å². The molecule has 0 amide bonds. The van der Waals surface area contributed by atoms with E-state index in [2.05, 4.69) is 29.8 Å². The topological polar surface area (TPSA) is 86.5 Å². The van der Waals surface area contributed by atoms with E-state index in [1.54, 1.807) is 12.3 Å². The number of aryl methyl sites for hydroxylation is 1. The average molecular weight is 436 g/mol. The fourth-order valence-corrected chi connectivity index (χ4v) is 4.20. The van der Waals surface area contributed by atoms with Gasteiger partial charge in [0, 0.05) is 41.7 Å². The number of hydrogen-bond acceptors (Lipinski definition) is 5. The van der Waals surface area contributed by atoms with Crippen molar-refractivity contribution in [2.45, 2.75) is 66.1 Å². The lowest BCUT2D eigenvalue weighted by molar-refractivity contribution is -0.160. The highest BCUT2D eigenvalue weighted by molar-refractivity contribution is 5.88. The molecule has 0 spiro atoms. The third-order valence-corrected chi connectivity index (χ3v) is 6.02. The third-order valence-electron chi connectivity index (χ3n) is 6.02. The lowest BCUT2D eigenvalue weighted by Crippen LogP contribution is -2.39. The van der Waals surface area contributed by atoms with Crippen LogP contribution in [0.25, 0.3) is 11.1 Å². The molecule has 6 heteroatoms. The maximum absolute atomic E-state index is 12.4. The quantitative estimate of drug-likeness (QED) is 0.668. The van der Waals surface area contributed by atoms with Crippen LogP contribution >= 0.6 is 0 Å². The molecule has 0 bridgehead atoms. The summed E-state index contributed by atoms with van der Waals surface area (Å²) in [5.74, 6) is -1.05. The number of rotatable bonds is 5. The number of pyridine rings is 1. The molecular formula is C26H33N3O3. The summed E-state index contributed by atoms with van der Waals surface area (Å²) in [5.41, 5.74) is 3.64. The molecule has 1 unspecified atom stereocenters. The van der Waals surface area contributed by atoms with Gasteiger partial charge in [0.1, 0.15) is 0 Å². The number of nitriles is 1. The summed E-state index contributed by atoms with van der Waals surface area (Å²) < 4.78 is 6.05. The van der Waals surface area contributed by atoms with Crippen LogP contribution in [0.3, 0.4) is 0 Å². The number of carboxylic acids is 1. The standard InChI is InChI=1S/C26H33N3O3/c1-17-21(23(24(30)31)32-25(2,3)4)22(29-13-11-26(5,6)12-14-29)20(16-28-17)19-10-8-7-9-18(19)15-27/h7-10,16,23H,11-14H2,1-6H3,(H,30,31). The summed E-state index contributed by atoms with van der Waals surface area (Å²) in [5, 5.41) is 19.9. The molecule has 1 atom stereocenters. The second-order valence-corrected chi connectivity index (χ2v) is 10.3. The zero-order valence-electron chi connectivity index (χ0n) is 19.9. The fourth-order valence-electron chi connectivity index (χ4n) is 4.20. The van der Waals surface area contributed by atoms with Gasteiger partial charge in [-0.15, -0.1) is 0 Å². The summed E-state index contributed by atoms with van der Waals surface area (Å²) in [7, 11) is 0. The number of carbonyl (C=O) groups is 1. The number of ether oxygens (including phenoxy) is 1. The Bertz CT molecular complexity index is 1040. The number of benzene rings is 1. The van der Waals surface area contributed by atoms with Crippen LogP contribution in [0.5, 0.6) is 0 Å². The summed E-state index contributed by atoms with van der Waals surface area (Å²) >= 11 is 0. The molecule has 6 nitrogen and oxygen atoms in total. The molecule has 3 rings (SSSR count). The molecular weight excluding hydrogens is 402 g/mol. The molecule has 0 aliphatic carbocycles. The van der Waals surface area contributed by atoms with Crippen molar-refractivity contribution in [2.24, 2.45) is 5.41 Å². The SMILES string of the molecule is Cc1ncc(-c2ccccc2C#N)c(N2CCC(C)(C)CC2)c1C(OC(C)(C)C)C(=O)O. The van der Waals surface area contributed by atoms with E-state index in [1.165, 1.54) is 0 Å². The third kappa shape index (κ3) is 5.11. The predicted octanol–water partition coefficient (Wildman–Crippen LogP) is 5.50. The van der Waals surface area contributed by atoms with Crippen LogP contribution in [-0.2, 0) is 9.53 Å². The van der Waals surface area contributed by atoms with Gasteiger partial charge in [0.05, 0.1) is 22.9 Å². The van der Waals surface area contributed by atoms with Crippen molar-refractivity contribution in [3.8, 4) is 17.2 Å². The Morgan fingerprint density at radius 3 is 2.41 bits per heavy atom. The van der Waals surface area contributed by atoms with Gasteiger partial charge < -0.3 is 14.7 Å². The van der Waals surface area contributed by atoms with E-state index in [0.717, 1.165) is 42.7 Å². The first kappa shape index (κ1) is 23.7. The Morgan fingerprint density at radius 1 is 1.22 bits per heavy atom. The van der Waals surface area contributed by atoms with Crippen molar-refractivity contribution in [1.82, 2.24) is 4.98 Å². The lowest BCUT2D eigenvalue weighted by atomic mass is 9.82. The molecule has 0 radical (unpaired) electrons. The predicted molar refractivity (Wildman–Crippen MR) is 126 cm³/mol. The molecule has 170 valence electrons. The van der Waals surface area contributed by atoms with E-state index in [1.807, 2.05) is 45.9 Å². The Morgan fingerprint density at radius 2 is 1.84 bits per heavy atom. The Labute approximate surface area is 190 Å². The molecule has 1 fully saturated rings. The highest BCUT2D eigenvalue weighted by Gasteiger charge is 2.36. The van der Waals surface area contributed by atoms with Crippen molar-refractivity contribution in [3.05, 3.63) is 47.3 Å². The minimum atomic E-state index is -1.17. The highest BCUT2D eigenvalue weighted by atomic mass is 16.5. The number of carboxylic acid groups (broad SMARTS) is 1. The zero-order chi connectivity index (χ0) is 23.7. The number of anilines is 1. The van der Waals surface area contributed by atoms with Gasteiger partial charge >= 0.3 is 5.97 Å². The monoisotopic (exact) mass is 435 g/mol. The van der Waals surface area contributed by atoms with Crippen molar-refractivity contribution >= 4 is 11.7 Å². The van der Waals surface area contributed by atoms with E-state index in [-0.39, 0.29) is 5.41 Å². The molecule has 2 heterocycles. The van der Waals surface area contributed by atoms with Gasteiger partial charge in [-0.1, -0.05) is 32.0 Å². The van der Waals surface area contributed by atoms with Gasteiger partial charge in [0.2, 0.25) is 0 Å². The number of nitrogens with zero attached hydrogens (tertiary/aromatic N) is 3. The van der Waals surface area contributed by atoms with Crippen LogP contribution in [-0.4, -0.2) is 34.8 Å². The number of piperidine rings is 1. The van der Waals surface area contributed by atoms with Crippen LogP contribution in [0.4, 0.5) is 5.69 Å². The average Bonchev–Trinajstić information content (AvgIpc) is 2.71. The molecule has 1 aromatic heterocycles. The Hall–Kier alpha value is -2.91. The van der Waals surface area contributed by atoms with Crippen molar-refractivity contribution in [1.29, 1.82) is 5.26 Å². The van der Waals surface area contributed by atoms with Gasteiger partial charge in [-0.3, -0.25) is 4.98 Å². The van der Waals surface area contributed by atoms with Gasteiger partial charge in [-0.05, 0) is 52.0 Å². The minimum absolute atomic E-state index is 0.234. The van der Waals surface area contributed by atoms with E-state index in [4.69, 9.17) is 4.74 Å². The van der Waals surface area contributed by atoms with Gasteiger partial charge in [0.25, 0.3) is 0 Å². The molecule has 1 aromatic carbocycles. The number of hydrogen-bond donors (Lipinski definition) is 1. The first-order valence-electron chi connectivity index (χ1n) is 11.1. The Balaban J connectivity index is 2.29. The molecule has 32 heavy (non-hydrogen) atoms. The number of aliphatic carboxylic acids is 1. The number of aromatic nitrogens is 1. The summed E-state index contributed by atoms with van der Waals surface area (Å²) in [6.45, 7) is 13.5. The molecule has 1 N–H and O–H groups in total. The smallest absolute Gasteiger partial charge is 0.337 e. The van der Waals surface area contributed by atoms with E-state index in [9.17, 15) is 15.2 Å². The first-order valence-corrected chi connectivity index (χ1v) is 11.1. The summed E-state index contributed by atoms with van der Waals surface area (Å²) in [6.07, 6.45) is 2.58. The van der Waals surface area contributed by atoms with E-state index >= 15 is 0 Å². The largest absolute Gasteiger partial charge is 0.479 e. The second kappa shape index (κ2) is 8.91. The van der Waals surface area contributed by atoms with Gasteiger partial charge in [0.15, 0.2) is 6.10 Å². The molecule has 1 saturated heterocycles. The highest BCUT2D eigenvalue weighted by Crippen LogP contribution is 2.43. The van der Waals surface area contributed by atoms with Crippen molar-refractivity contribution in [2.75, 3.05) is 18.0 Å². The normalized spacial score (nSPS) is 17.0. The summed E-state index contributed by atoms with van der Waals surface area (Å²) in [6, 6.07) is 9.66. The summed E-state index contributed by atoms with van der Waals surface area (Å²) in [4.78, 5) is 19.2. The maximum atomic E-state index is 12.4. The van der Waals surface area contributed by atoms with Crippen LogP contribution in [0.15, 0.2) is 30.5 Å². The van der Waals surface area contributed by atoms with Gasteiger partial charge in [-0.25, -0.2) is 4.79 Å². The first-order chi connectivity index (χ1) is 14.9. The second-order valence-electron chi connectivity index (χ2n) is 10.3. The minimum Gasteiger partial charge on any atom is -0.479 e.